The summed E-state index contributed by atoms with van der Waals surface area (Å²) in [5, 5.41) is 17.2. The van der Waals surface area contributed by atoms with Crippen molar-refractivity contribution in [1.82, 2.24) is 16.0 Å². The van der Waals surface area contributed by atoms with Gasteiger partial charge in [-0.25, -0.2) is 9.59 Å². The van der Waals surface area contributed by atoms with Gasteiger partial charge in [-0.1, -0.05) is 60.7 Å². The molecule has 0 spiro atoms. The van der Waals surface area contributed by atoms with E-state index in [0.717, 1.165) is 11.1 Å². The molecule has 0 bridgehead atoms. The van der Waals surface area contributed by atoms with E-state index in [4.69, 9.17) is 5.73 Å². The Hall–Kier alpha value is -3.04. The normalized spacial score (nSPS) is 13.4. The van der Waals surface area contributed by atoms with Crippen molar-refractivity contribution in [2.24, 2.45) is 5.73 Å². The zero-order valence-corrected chi connectivity index (χ0v) is 19.5. The number of carbonyl (C=O) groups excluding carboxylic acids is 2. The van der Waals surface area contributed by atoms with Crippen molar-refractivity contribution in [2.45, 2.75) is 37.4 Å². The van der Waals surface area contributed by atoms with Gasteiger partial charge in [0.1, 0.15) is 12.1 Å². The number of hydrogen-bond acceptors (Lipinski definition) is 5. The summed E-state index contributed by atoms with van der Waals surface area (Å²) in [5.41, 5.74) is 8.11. The summed E-state index contributed by atoms with van der Waals surface area (Å²) in [7, 11) is 0. The molecule has 9 heteroatoms. The van der Waals surface area contributed by atoms with Crippen LogP contribution in [0.2, 0.25) is 0 Å². The van der Waals surface area contributed by atoms with Crippen LogP contribution in [0.1, 0.15) is 17.5 Å². The molecule has 0 aliphatic heterocycles. The van der Waals surface area contributed by atoms with Gasteiger partial charge in [0.15, 0.2) is 0 Å². The molecule has 3 amide bonds. The Morgan fingerprint density at radius 2 is 1.45 bits per heavy atom. The van der Waals surface area contributed by atoms with Crippen molar-refractivity contribution in [2.75, 3.05) is 18.6 Å². The van der Waals surface area contributed by atoms with Crippen LogP contribution in [0.3, 0.4) is 0 Å². The van der Waals surface area contributed by atoms with Crippen LogP contribution in [0.25, 0.3) is 0 Å². The summed E-state index contributed by atoms with van der Waals surface area (Å²) >= 11 is 1.49. The minimum atomic E-state index is -1.12. The zero-order valence-electron chi connectivity index (χ0n) is 18.7. The van der Waals surface area contributed by atoms with Gasteiger partial charge in [0.25, 0.3) is 0 Å². The average molecular weight is 473 g/mol. The highest BCUT2D eigenvalue weighted by molar-refractivity contribution is 7.98. The van der Waals surface area contributed by atoms with Crippen LogP contribution in [0.4, 0.5) is 4.79 Å². The first-order valence-electron chi connectivity index (χ1n) is 10.8. The first kappa shape index (κ1) is 26.2. The Bertz CT molecular complexity index is 883. The molecule has 0 aliphatic rings. The summed E-state index contributed by atoms with van der Waals surface area (Å²) in [6.07, 6.45) is 3.01. The molecule has 6 N–H and O–H groups in total. The molecule has 0 unspecified atom stereocenters. The molecule has 0 heterocycles. The molecule has 3 atom stereocenters. The van der Waals surface area contributed by atoms with E-state index in [-0.39, 0.29) is 31.3 Å². The SMILES string of the molecule is CSCC[C@H](NC(=O)N[C@@H](Cc1ccccc1)C(=O)NC[C@H](N)Cc1ccccc1)C(=O)O. The smallest absolute Gasteiger partial charge is 0.326 e. The lowest BCUT2D eigenvalue weighted by Crippen LogP contribution is -2.55. The first-order valence-corrected chi connectivity index (χ1v) is 12.2. The second kappa shape index (κ2) is 14.2. The zero-order chi connectivity index (χ0) is 24.1. The number of rotatable bonds is 13. The fourth-order valence-corrected chi connectivity index (χ4v) is 3.73. The molecular weight excluding hydrogens is 440 g/mol. The molecule has 0 saturated heterocycles. The highest BCUT2D eigenvalue weighted by Crippen LogP contribution is 2.06. The van der Waals surface area contributed by atoms with Crippen LogP contribution in [-0.4, -0.2) is 59.7 Å². The van der Waals surface area contributed by atoms with Crippen LogP contribution in [0.15, 0.2) is 60.7 Å². The number of carboxylic acid groups (broad SMARTS) is 1. The number of hydrogen-bond donors (Lipinski definition) is 5. The predicted octanol–water partition coefficient (Wildman–Crippen LogP) is 1.79. The lowest BCUT2D eigenvalue weighted by atomic mass is 10.0. The number of carbonyl (C=O) groups is 3. The first-order chi connectivity index (χ1) is 15.9. The Morgan fingerprint density at radius 3 is 2.00 bits per heavy atom. The van der Waals surface area contributed by atoms with E-state index in [9.17, 15) is 19.5 Å². The highest BCUT2D eigenvalue weighted by atomic mass is 32.2. The van der Waals surface area contributed by atoms with E-state index in [2.05, 4.69) is 16.0 Å². The predicted molar refractivity (Wildman–Crippen MR) is 131 cm³/mol. The molecule has 0 aliphatic carbocycles. The Kier molecular flexibility index (Phi) is 11.3. The number of urea groups is 1. The summed E-state index contributed by atoms with van der Waals surface area (Å²) in [5.74, 6) is -0.909. The highest BCUT2D eigenvalue weighted by Gasteiger charge is 2.25. The number of carboxylic acids is 1. The Labute approximate surface area is 198 Å². The van der Waals surface area contributed by atoms with Crippen LogP contribution in [-0.2, 0) is 22.4 Å². The van der Waals surface area contributed by atoms with Crippen LogP contribution >= 0.6 is 11.8 Å². The minimum absolute atomic E-state index is 0.244. The molecular formula is C24H32N4O4S. The van der Waals surface area contributed by atoms with Gasteiger partial charge in [-0.2, -0.15) is 11.8 Å². The van der Waals surface area contributed by atoms with Crippen LogP contribution in [0.5, 0.6) is 0 Å². The summed E-state index contributed by atoms with van der Waals surface area (Å²) in [6, 6.07) is 16.1. The van der Waals surface area contributed by atoms with Gasteiger partial charge >= 0.3 is 12.0 Å². The van der Waals surface area contributed by atoms with E-state index < -0.39 is 24.1 Å². The lowest BCUT2D eigenvalue weighted by molar-refractivity contribution is -0.139. The molecule has 2 aromatic rings. The molecule has 0 aromatic heterocycles. The largest absolute Gasteiger partial charge is 0.480 e. The van der Waals surface area contributed by atoms with E-state index in [1.165, 1.54) is 11.8 Å². The second-order valence-corrected chi connectivity index (χ2v) is 8.71. The molecule has 0 fully saturated rings. The van der Waals surface area contributed by atoms with Crippen molar-refractivity contribution >= 4 is 29.7 Å². The number of nitrogens with two attached hydrogens (primary N) is 1. The van der Waals surface area contributed by atoms with Gasteiger partial charge in [-0.15, -0.1) is 0 Å². The Morgan fingerprint density at radius 1 is 0.909 bits per heavy atom. The van der Waals surface area contributed by atoms with E-state index in [0.29, 0.717) is 12.2 Å². The van der Waals surface area contributed by atoms with Gasteiger partial charge < -0.3 is 26.8 Å². The number of thioether (sulfide) groups is 1. The third-order valence-electron chi connectivity index (χ3n) is 5.00. The lowest BCUT2D eigenvalue weighted by Gasteiger charge is -2.22. The van der Waals surface area contributed by atoms with Crippen molar-refractivity contribution in [3.8, 4) is 0 Å². The fourth-order valence-electron chi connectivity index (χ4n) is 3.25. The summed E-state index contributed by atoms with van der Waals surface area (Å²) in [4.78, 5) is 36.8. The third kappa shape index (κ3) is 9.97. The molecule has 178 valence electrons. The van der Waals surface area contributed by atoms with Gasteiger partial charge in [0.2, 0.25) is 5.91 Å². The summed E-state index contributed by atoms with van der Waals surface area (Å²) < 4.78 is 0. The van der Waals surface area contributed by atoms with Gasteiger partial charge in [0.05, 0.1) is 0 Å². The van der Waals surface area contributed by atoms with Crippen LogP contribution < -0.4 is 21.7 Å². The molecule has 0 radical (unpaired) electrons. The van der Waals surface area contributed by atoms with Crippen molar-refractivity contribution in [3.63, 3.8) is 0 Å². The molecule has 2 rings (SSSR count). The average Bonchev–Trinajstić information content (AvgIpc) is 2.81. The quantitative estimate of drug-likeness (QED) is 0.302. The third-order valence-corrected chi connectivity index (χ3v) is 5.64. The summed E-state index contributed by atoms with van der Waals surface area (Å²) in [6.45, 7) is 0.244. The second-order valence-electron chi connectivity index (χ2n) is 7.73. The Balaban J connectivity index is 1.99. The molecule has 33 heavy (non-hydrogen) atoms. The van der Waals surface area contributed by atoms with E-state index in [1.807, 2.05) is 66.9 Å². The van der Waals surface area contributed by atoms with Crippen molar-refractivity contribution < 1.29 is 19.5 Å². The maximum absolute atomic E-state index is 12.9. The number of aliphatic carboxylic acids is 1. The fraction of sp³-hybridized carbons (Fsp3) is 0.375. The van der Waals surface area contributed by atoms with E-state index >= 15 is 0 Å². The van der Waals surface area contributed by atoms with Crippen molar-refractivity contribution in [3.05, 3.63) is 71.8 Å². The van der Waals surface area contributed by atoms with Gasteiger partial charge in [-0.05, 0) is 36.0 Å². The molecule has 8 nitrogen and oxygen atoms in total. The maximum Gasteiger partial charge on any atom is 0.326 e. The van der Waals surface area contributed by atoms with Gasteiger partial charge in [0, 0.05) is 19.0 Å². The molecule has 0 saturated carbocycles. The van der Waals surface area contributed by atoms with Gasteiger partial charge in [-0.3, -0.25) is 4.79 Å². The number of nitrogens with one attached hydrogen (secondary N) is 3. The van der Waals surface area contributed by atoms with E-state index in [1.54, 1.807) is 0 Å². The van der Waals surface area contributed by atoms with Crippen molar-refractivity contribution in [1.29, 1.82) is 0 Å². The number of benzene rings is 2. The number of amides is 3. The molecule has 2 aromatic carbocycles. The van der Waals surface area contributed by atoms with Crippen LogP contribution in [0, 0.1) is 0 Å². The minimum Gasteiger partial charge on any atom is -0.480 e. The standard InChI is InChI=1S/C24H32N4O4S/c1-33-13-12-20(23(30)31)27-24(32)28-21(15-18-10-6-3-7-11-18)22(29)26-16-19(25)14-17-8-4-2-5-9-17/h2-11,19-21H,12-16,25H2,1H3,(H,26,29)(H,30,31)(H2,27,28,32)/t19-,20+,21+/m1/s1. The topological polar surface area (TPSA) is 134 Å². The monoisotopic (exact) mass is 472 g/mol. The maximum atomic E-state index is 12.9.